The molecule has 122 valence electrons. The fraction of sp³-hybridized carbons (Fsp3) is 0.643. The smallest absolute Gasteiger partial charge is 0.223 e. The van der Waals surface area contributed by atoms with Crippen molar-refractivity contribution in [3.63, 3.8) is 0 Å². The van der Waals surface area contributed by atoms with Crippen LogP contribution in [-0.2, 0) is 14.6 Å². The van der Waals surface area contributed by atoms with Crippen LogP contribution in [-0.4, -0.2) is 48.4 Å². The lowest BCUT2D eigenvalue weighted by Gasteiger charge is -2.11. The standard InChI is InChI=1S/C14H22N4O3S/c1-10-8-11(2)17-14(16-10)15-6-3-4-13(19)18-12-5-7-22(20,21)9-12/h8,12H,3-7,9H2,1-2H3,(H,18,19)(H,15,16,17)/t12-/m0/s1. The van der Waals surface area contributed by atoms with E-state index in [1.54, 1.807) is 0 Å². The van der Waals surface area contributed by atoms with Gasteiger partial charge >= 0.3 is 0 Å². The predicted octanol–water partition coefficient (Wildman–Crippen LogP) is 0.589. The van der Waals surface area contributed by atoms with Crippen molar-refractivity contribution < 1.29 is 13.2 Å². The van der Waals surface area contributed by atoms with Crippen molar-refractivity contribution in [2.45, 2.75) is 39.2 Å². The van der Waals surface area contributed by atoms with Crippen molar-refractivity contribution in [3.8, 4) is 0 Å². The fourth-order valence-corrected chi connectivity index (χ4v) is 4.14. The highest BCUT2D eigenvalue weighted by molar-refractivity contribution is 7.91. The van der Waals surface area contributed by atoms with Crippen molar-refractivity contribution in [2.24, 2.45) is 0 Å². The van der Waals surface area contributed by atoms with E-state index in [9.17, 15) is 13.2 Å². The highest BCUT2D eigenvalue weighted by Crippen LogP contribution is 2.11. The topological polar surface area (TPSA) is 101 Å². The molecule has 0 saturated carbocycles. The van der Waals surface area contributed by atoms with Gasteiger partial charge in [0.1, 0.15) is 0 Å². The number of carbonyl (C=O) groups is 1. The van der Waals surface area contributed by atoms with Gasteiger partial charge < -0.3 is 10.6 Å². The van der Waals surface area contributed by atoms with Gasteiger partial charge in [0.2, 0.25) is 11.9 Å². The molecule has 1 aromatic rings. The zero-order valence-corrected chi connectivity index (χ0v) is 13.7. The Kier molecular flexibility index (Phi) is 5.33. The van der Waals surface area contributed by atoms with Gasteiger partial charge in [-0.15, -0.1) is 0 Å². The number of amides is 1. The number of nitrogens with one attached hydrogen (secondary N) is 2. The molecule has 0 radical (unpaired) electrons. The highest BCUT2D eigenvalue weighted by Gasteiger charge is 2.28. The van der Waals surface area contributed by atoms with Crippen LogP contribution in [0.4, 0.5) is 5.95 Å². The number of hydrogen-bond acceptors (Lipinski definition) is 6. The maximum atomic E-state index is 11.8. The van der Waals surface area contributed by atoms with Crippen molar-refractivity contribution in [3.05, 3.63) is 17.5 Å². The lowest BCUT2D eigenvalue weighted by Crippen LogP contribution is -2.35. The minimum atomic E-state index is -2.95. The Morgan fingerprint density at radius 3 is 2.59 bits per heavy atom. The summed E-state index contributed by atoms with van der Waals surface area (Å²) in [5.41, 5.74) is 1.80. The van der Waals surface area contributed by atoms with Crippen molar-refractivity contribution in [2.75, 3.05) is 23.4 Å². The molecule has 1 aliphatic heterocycles. The predicted molar refractivity (Wildman–Crippen MR) is 84.4 cm³/mol. The number of sulfone groups is 1. The summed E-state index contributed by atoms with van der Waals surface area (Å²) in [6, 6.07) is 1.67. The van der Waals surface area contributed by atoms with Crippen molar-refractivity contribution in [1.29, 1.82) is 0 Å². The highest BCUT2D eigenvalue weighted by atomic mass is 32.2. The first-order valence-corrected chi connectivity index (χ1v) is 9.22. The maximum absolute atomic E-state index is 11.8. The Labute approximate surface area is 130 Å². The van der Waals surface area contributed by atoms with Crippen LogP contribution in [0.1, 0.15) is 30.7 Å². The Bertz CT molecular complexity index is 625. The van der Waals surface area contributed by atoms with Gasteiger partial charge in [-0.05, 0) is 32.8 Å². The van der Waals surface area contributed by atoms with E-state index in [2.05, 4.69) is 20.6 Å². The van der Waals surface area contributed by atoms with E-state index < -0.39 is 9.84 Å². The molecule has 1 aliphatic rings. The molecule has 0 unspecified atom stereocenters. The molecule has 2 rings (SSSR count). The lowest BCUT2D eigenvalue weighted by molar-refractivity contribution is -0.121. The molecule has 1 aromatic heterocycles. The largest absolute Gasteiger partial charge is 0.354 e. The first-order chi connectivity index (χ1) is 10.3. The minimum Gasteiger partial charge on any atom is -0.354 e. The van der Waals surface area contributed by atoms with Gasteiger partial charge in [-0.3, -0.25) is 4.79 Å². The zero-order chi connectivity index (χ0) is 16.2. The van der Waals surface area contributed by atoms with Gasteiger partial charge in [-0.1, -0.05) is 0 Å². The maximum Gasteiger partial charge on any atom is 0.223 e. The monoisotopic (exact) mass is 326 g/mol. The molecule has 0 spiro atoms. The molecule has 2 N–H and O–H groups in total. The number of aromatic nitrogens is 2. The third-order valence-electron chi connectivity index (χ3n) is 3.44. The van der Waals surface area contributed by atoms with Crippen LogP contribution in [0.2, 0.25) is 0 Å². The molecule has 2 heterocycles. The van der Waals surface area contributed by atoms with Gasteiger partial charge in [0, 0.05) is 30.4 Å². The fourth-order valence-electron chi connectivity index (χ4n) is 2.46. The number of anilines is 1. The van der Waals surface area contributed by atoms with Crippen LogP contribution in [0.25, 0.3) is 0 Å². The van der Waals surface area contributed by atoms with Crippen LogP contribution in [0, 0.1) is 13.8 Å². The van der Waals surface area contributed by atoms with Crippen molar-refractivity contribution >= 4 is 21.7 Å². The summed E-state index contributed by atoms with van der Waals surface area (Å²) in [4.78, 5) is 20.3. The Morgan fingerprint density at radius 1 is 1.32 bits per heavy atom. The molecule has 1 saturated heterocycles. The number of nitrogens with zero attached hydrogens (tertiary/aromatic N) is 2. The summed E-state index contributed by atoms with van der Waals surface area (Å²) in [5.74, 6) is 0.696. The van der Waals surface area contributed by atoms with Crippen LogP contribution in [0.5, 0.6) is 0 Å². The van der Waals surface area contributed by atoms with E-state index in [1.165, 1.54) is 0 Å². The SMILES string of the molecule is Cc1cc(C)nc(NCCCC(=O)N[C@H]2CCS(=O)(=O)C2)n1. The first kappa shape index (κ1) is 16.7. The average Bonchev–Trinajstić information content (AvgIpc) is 2.73. The van der Waals surface area contributed by atoms with E-state index in [1.807, 2.05) is 19.9 Å². The summed E-state index contributed by atoms with van der Waals surface area (Å²) in [7, 11) is -2.95. The number of carbonyl (C=O) groups excluding carboxylic acids is 1. The molecular formula is C14H22N4O3S. The van der Waals surface area contributed by atoms with Crippen LogP contribution in [0.3, 0.4) is 0 Å². The lowest BCUT2D eigenvalue weighted by atomic mass is 10.2. The molecule has 1 atom stereocenters. The molecule has 0 bridgehead atoms. The summed E-state index contributed by atoms with van der Waals surface area (Å²) in [5, 5.41) is 5.86. The third kappa shape index (κ3) is 5.25. The van der Waals surface area contributed by atoms with E-state index in [0.29, 0.717) is 31.8 Å². The molecule has 8 heteroatoms. The Balaban J connectivity index is 1.67. The molecule has 0 aromatic carbocycles. The second kappa shape index (κ2) is 7.04. The molecule has 22 heavy (non-hydrogen) atoms. The van der Waals surface area contributed by atoms with E-state index in [4.69, 9.17) is 0 Å². The normalized spacial score (nSPS) is 19.8. The summed E-state index contributed by atoms with van der Waals surface area (Å²) in [6.45, 7) is 4.41. The van der Waals surface area contributed by atoms with Crippen LogP contribution in [0.15, 0.2) is 6.07 Å². The summed E-state index contributed by atoms with van der Waals surface area (Å²) < 4.78 is 22.6. The summed E-state index contributed by atoms with van der Waals surface area (Å²) in [6.07, 6.45) is 1.51. The molecule has 1 amide bonds. The van der Waals surface area contributed by atoms with Gasteiger partial charge in [-0.2, -0.15) is 0 Å². The second-order valence-corrected chi connectivity index (χ2v) is 7.90. The van der Waals surface area contributed by atoms with E-state index >= 15 is 0 Å². The number of aryl methyl sites for hydroxylation is 2. The van der Waals surface area contributed by atoms with Crippen LogP contribution < -0.4 is 10.6 Å². The molecule has 7 nitrogen and oxygen atoms in total. The zero-order valence-electron chi connectivity index (χ0n) is 12.9. The van der Waals surface area contributed by atoms with Gasteiger partial charge in [0.15, 0.2) is 9.84 Å². The van der Waals surface area contributed by atoms with E-state index in [-0.39, 0.29) is 23.5 Å². The summed E-state index contributed by atoms with van der Waals surface area (Å²) >= 11 is 0. The van der Waals surface area contributed by atoms with Gasteiger partial charge in [-0.25, -0.2) is 18.4 Å². The molecular weight excluding hydrogens is 304 g/mol. The number of hydrogen-bond donors (Lipinski definition) is 2. The Hall–Kier alpha value is -1.70. The average molecular weight is 326 g/mol. The first-order valence-electron chi connectivity index (χ1n) is 7.40. The van der Waals surface area contributed by atoms with Gasteiger partial charge in [0.05, 0.1) is 11.5 Å². The Morgan fingerprint density at radius 2 is 2.00 bits per heavy atom. The quantitative estimate of drug-likeness (QED) is 0.742. The second-order valence-electron chi connectivity index (χ2n) is 5.67. The third-order valence-corrected chi connectivity index (χ3v) is 5.21. The molecule has 1 fully saturated rings. The minimum absolute atomic E-state index is 0.0629. The van der Waals surface area contributed by atoms with Crippen molar-refractivity contribution in [1.82, 2.24) is 15.3 Å². The van der Waals surface area contributed by atoms with E-state index in [0.717, 1.165) is 11.4 Å². The van der Waals surface area contributed by atoms with Crippen LogP contribution >= 0.6 is 0 Å². The number of rotatable bonds is 6. The van der Waals surface area contributed by atoms with Gasteiger partial charge in [0.25, 0.3) is 0 Å². The molecule has 0 aliphatic carbocycles.